The molecule has 3 aromatic rings. The molecule has 0 N–H and O–H groups in total. The van der Waals surface area contributed by atoms with Crippen molar-refractivity contribution in [3.63, 3.8) is 0 Å². The number of amides is 2. The minimum Gasteiger partial charge on any atom is -0.486 e. The normalized spacial score (nSPS) is 17.6. The van der Waals surface area contributed by atoms with E-state index in [4.69, 9.17) is 9.15 Å². The zero-order chi connectivity index (χ0) is 28.2. The standard InChI is InChI=1S/C32H36FN3O4/c1-4-13-34-15-17-35(18-16-34)32(38)29-11-10-27(40-29)21-39-26-9-8-23-12-14-36(31(37)22(2)3)30(28(23)20-26)24-6-5-7-25(33)19-24/h4-11,19-20,22,30H,1,12-18,21H2,2-3H3/t30-/m0/s1. The lowest BCUT2D eigenvalue weighted by Gasteiger charge is -2.39. The van der Waals surface area contributed by atoms with Gasteiger partial charge in [-0.1, -0.05) is 38.1 Å². The molecule has 5 rings (SSSR count). The molecule has 0 radical (unpaired) electrons. The number of hydrogen-bond donors (Lipinski definition) is 0. The quantitative estimate of drug-likeness (QED) is 0.370. The van der Waals surface area contributed by atoms with Gasteiger partial charge in [0.15, 0.2) is 5.76 Å². The van der Waals surface area contributed by atoms with Gasteiger partial charge in [-0.25, -0.2) is 4.39 Å². The Labute approximate surface area is 234 Å². The van der Waals surface area contributed by atoms with Crippen molar-refractivity contribution >= 4 is 11.8 Å². The molecule has 8 heteroatoms. The zero-order valence-corrected chi connectivity index (χ0v) is 23.1. The highest BCUT2D eigenvalue weighted by molar-refractivity contribution is 5.91. The highest BCUT2D eigenvalue weighted by Gasteiger charge is 2.33. The first-order valence-corrected chi connectivity index (χ1v) is 13.9. The molecule has 2 aliphatic rings. The molecule has 0 saturated carbocycles. The summed E-state index contributed by atoms with van der Waals surface area (Å²) in [5.41, 5.74) is 2.76. The van der Waals surface area contributed by atoms with Crippen LogP contribution in [0.5, 0.6) is 5.75 Å². The molecule has 2 aromatic carbocycles. The molecule has 3 heterocycles. The van der Waals surface area contributed by atoms with Crippen molar-refractivity contribution in [3.8, 4) is 5.75 Å². The Hall–Kier alpha value is -3.91. The molecule has 1 fully saturated rings. The summed E-state index contributed by atoms with van der Waals surface area (Å²) in [6.07, 6.45) is 2.59. The second-order valence-electron chi connectivity index (χ2n) is 10.7. The molecule has 7 nitrogen and oxygen atoms in total. The molecule has 1 aromatic heterocycles. The van der Waals surface area contributed by atoms with Crippen LogP contribution in [0.15, 0.2) is 71.7 Å². The number of benzene rings is 2. The van der Waals surface area contributed by atoms with Gasteiger partial charge in [0, 0.05) is 45.2 Å². The van der Waals surface area contributed by atoms with Crippen LogP contribution >= 0.6 is 0 Å². The van der Waals surface area contributed by atoms with Crippen LogP contribution < -0.4 is 4.74 Å². The first-order valence-electron chi connectivity index (χ1n) is 13.9. The third-order valence-electron chi connectivity index (χ3n) is 7.59. The first kappa shape index (κ1) is 27.6. The van der Waals surface area contributed by atoms with Gasteiger partial charge in [0.1, 0.15) is 23.9 Å². The lowest BCUT2D eigenvalue weighted by molar-refractivity contribution is -0.136. The van der Waals surface area contributed by atoms with Crippen LogP contribution in [0.2, 0.25) is 0 Å². The first-order chi connectivity index (χ1) is 19.3. The summed E-state index contributed by atoms with van der Waals surface area (Å²) in [7, 11) is 0. The molecule has 0 bridgehead atoms. The maximum atomic E-state index is 14.2. The summed E-state index contributed by atoms with van der Waals surface area (Å²) in [6, 6.07) is 15.3. The van der Waals surface area contributed by atoms with Gasteiger partial charge < -0.3 is 19.0 Å². The summed E-state index contributed by atoms with van der Waals surface area (Å²) in [5, 5.41) is 0. The lowest BCUT2D eigenvalue weighted by Crippen LogP contribution is -2.48. The average molecular weight is 546 g/mol. The van der Waals surface area contributed by atoms with E-state index >= 15 is 0 Å². The van der Waals surface area contributed by atoms with Crippen LogP contribution in [0.3, 0.4) is 0 Å². The van der Waals surface area contributed by atoms with Gasteiger partial charge in [-0.05, 0) is 59.5 Å². The lowest BCUT2D eigenvalue weighted by atomic mass is 9.87. The van der Waals surface area contributed by atoms with Gasteiger partial charge in [0.25, 0.3) is 5.91 Å². The molecule has 0 aliphatic carbocycles. The Morgan fingerprint density at radius 2 is 1.88 bits per heavy atom. The molecular weight excluding hydrogens is 509 g/mol. The van der Waals surface area contributed by atoms with Crippen molar-refractivity contribution in [1.29, 1.82) is 0 Å². The molecule has 40 heavy (non-hydrogen) atoms. The number of nitrogens with zero attached hydrogens (tertiary/aromatic N) is 3. The number of fused-ring (bicyclic) bond motifs is 1. The summed E-state index contributed by atoms with van der Waals surface area (Å²) in [4.78, 5) is 32.0. The number of ether oxygens (including phenoxy) is 1. The SMILES string of the molecule is C=CCN1CCN(C(=O)c2ccc(COc3ccc4c(c3)[C@H](c3cccc(F)c3)N(C(=O)C(C)C)CC4)o2)CC1. The maximum Gasteiger partial charge on any atom is 0.289 e. The van der Waals surface area contributed by atoms with E-state index in [2.05, 4.69) is 11.5 Å². The van der Waals surface area contributed by atoms with Crippen molar-refractivity contribution in [3.05, 3.63) is 101 Å². The van der Waals surface area contributed by atoms with E-state index in [0.717, 1.165) is 36.3 Å². The van der Waals surface area contributed by atoms with Crippen molar-refractivity contribution in [2.75, 3.05) is 39.3 Å². The van der Waals surface area contributed by atoms with Gasteiger partial charge in [0.05, 0.1) is 6.04 Å². The smallest absolute Gasteiger partial charge is 0.289 e. The Morgan fingerprint density at radius 3 is 2.60 bits per heavy atom. The van der Waals surface area contributed by atoms with E-state index in [9.17, 15) is 14.0 Å². The van der Waals surface area contributed by atoms with Crippen LogP contribution in [0.4, 0.5) is 4.39 Å². The number of rotatable bonds is 8. The highest BCUT2D eigenvalue weighted by Crippen LogP contribution is 2.38. The predicted molar refractivity (Wildman–Crippen MR) is 151 cm³/mol. The summed E-state index contributed by atoms with van der Waals surface area (Å²) in [5.74, 6) is 0.855. The van der Waals surface area contributed by atoms with E-state index in [1.54, 1.807) is 18.2 Å². The van der Waals surface area contributed by atoms with E-state index in [1.165, 1.54) is 12.1 Å². The molecule has 0 spiro atoms. The van der Waals surface area contributed by atoms with Crippen LogP contribution in [0.1, 0.15) is 52.9 Å². The van der Waals surface area contributed by atoms with Crippen molar-refractivity contribution in [2.45, 2.75) is 32.9 Å². The average Bonchev–Trinajstić information content (AvgIpc) is 3.44. The monoisotopic (exact) mass is 545 g/mol. The molecule has 2 amide bonds. The predicted octanol–water partition coefficient (Wildman–Crippen LogP) is 5.07. The van der Waals surface area contributed by atoms with Crippen LogP contribution in [-0.2, 0) is 17.8 Å². The Kier molecular flexibility index (Phi) is 8.35. The molecular formula is C32H36FN3O4. The van der Waals surface area contributed by atoms with Crippen LogP contribution in [-0.4, -0.2) is 65.8 Å². The fourth-order valence-corrected chi connectivity index (χ4v) is 5.49. The van der Waals surface area contributed by atoms with Gasteiger partial charge in [-0.15, -0.1) is 6.58 Å². The molecule has 210 valence electrons. The van der Waals surface area contributed by atoms with Gasteiger partial charge in [-0.2, -0.15) is 0 Å². The molecule has 1 atom stereocenters. The third-order valence-corrected chi connectivity index (χ3v) is 7.59. The second-order valence-corrected chi connectivity index (χ2v) is 10.7. The number of halogens is 1. The van der Waals surface area contributed by atoms with Crippen LogP contribution in [0, 0.1) is 11.7 Å². The maximum absolute atomic E-state index is 14.2. The Balaban J connectivity index is 1.30. The zero-order valence-electron chi connectivity index (χ0n) is 23.1. The van der Waals surface area contributed by atoms with E-state index in [0.29, 0.717) is 43.3 Å². The van der Waals surface area contributed by atoms with E-state index < -0.39 is 6.04 Å². The molecule has 0 unspecified atom stereocenters. The fourth-order valence-electron chi connectivity index (χ4n) is 5.49. The Bertz CT molecular complexity index is 1380. The van der Waals surface area contributed by atoms with E-state index in [1.807, 2.05) is 54.0 Å². The van der Waals surface area contributed by atoms with Crippen molar-refractivity contribution < 1.29 is 23.1 Å². The minimum absolute atomic E-state index is 0.0288. The van der Waals surface area contributed by atoms with Gasteiger partial charge >= 0.3 is 0 Å². The van der Waals surface area contributed by atoms with Crippen molar-refractivity contribution in [2.24, 2.45) is 5.92 Å². The highest BCUT2D eigenvalue weighted by atomic mass is 19.1. The number of furan rings is 1. The molecule has 2 aliphatic heterocycles. The molecule has 1 saturated heterocycles. The topological polar surface area (TPSA) is 66.2 Å². The summed E-state index contributed by atoms with van der Waals surface area (Å²) < 4.78 is 26.1. The third kappa shape index (κ3) is 5.97. The summed E-state index contributed by atoms with van der Waals surface area (Å²) in [6.45, 7) is 12.0. The minimum atomic E-state index is -0.405. The van der Waals surface area contributed by atoms with Crippen LogP contribution in [0.25, 0.3) is 0 Å². The van der Waals surface area contributed by atoms with E-state index in [-0.39, 0.29) is 30.2 Å². The number of hydrogen-bond acceptors (Lipinski definition) is 5. The largest absolute Gasteiger partial charge is 0.486 e. The fraction of sp³-hybridized carbons (Fsp3) is 0.375. The second kappa shape index (κ2) is 12.1. The van der Waals surface area contributed by atoms with Gasteiger partial charge in [-0.3, -0.25) is 14.5 Å². The number of carbonyl (C=O) groups excluding carboxylic acids is 2. The number of carbonyl (C=O) groups is 2. The number of piperazine rings is 1. The summed E-state index contributed by atoms with van der Waals surface area (Å²) >= 11 is 0. The van der Waals surface area contributed by atoms with Gasteiger partial charge in [0.2, 0.25) is 5.91 Å². The van der Waals surface area contributed by atoms with Crippen molar-refractivity contribution in [1.82, 2.24) is 14.7 Å². The Morgan fingerprint density at radius 1 is 1.07 bits per heavy atom.